The SMILES string of the molecule is Oc1nc(Cl)nc2c1cnn2PI. The minimum Gasteiger partial charge on any atom is -0.493 e. The Balaban J connectivity index is 2.82. The molecule has 2 aromatic rings. The third-order valence-corrected chi connectivity index (χ3v) is 3.49. The van der Waals surface area contributed by atoms with Crippen molar-refractivity contribution in [2.24, 2.45) is 0 Å². The molecule has 0 saturated carbocycles. The summed E-state index contributed by atoms with van der Waals surface area (Å²) < 4.78 is 1.66. The summed E-state index contributed by atoms with van der Waals surface area (Å²) in [4.78, 5) is 7.57. The molecule has 5 nitrogen and oxygen atoms in total. The van der Waals surface area contributed by atoms with Gasteiger partial charge in [-0.2, -0.15) is 15.1 Å². The Hall–Kier alpha value is -0.200. The maximum absolute atomic E-state index is 9.37. The van der Waals surface area contributed by atoms with Crippen molar-refractivity contribution < 1.29 is 5.11 Å². The molecule has 0 aliphatic rings. The molecule has 0 spiro atoms. The Kier molecular flexibility index (Phi) is 2.53. The van der Waals surface area contributed by atoms with Gasteiger partial charge in [0.2, 0.25) is 11.2 Å². The highest BCUT2D eigenvalue weighted by molar-refractivity contribution is 14.2. The van der Waals surface area contributed by atoms with Crippen LogP contribution in [0.25, 0.3) is 11.0 Å². The number of hydrogen-bond acceptors (Lipinski definition) is 4. The molecule has 8 heteroatoms. The molecule has 0 bridgehead atoms. The van der Waals surface area contributed by atoms with Crippen molar-refractivity contribution in [3.63, 3.8) is 0 Å². The van der Waals surface area contributed by atoms with Gasteiger partial charge in [0.25, 0.3) is 0 Å². The summed E-state index contributed by atoms with van der Waals surface area (Å²) in [6.07, 6.45) is 1.94. The number of nitrogens with zero attached hydrogens (tertiary/aromatic N) is 4. The maximum Gasteiger partial charge on any atom is 0.227 e. The molecule has 0 radical (unpaired) electrons. The maximum atomic E-state index is 9.37. The highest BCUT2D eigenvalue weighted by Crippen LogP contribution is 2.30. The molecular weight excluding hydrogens is 325 g/mol. The lowest BCUT2D eigenvalue weighted by Crippen LogP contribution is -1.88. The molecule has 1 unspecified atom stereocenters. The summed E-state index contributed by atoms with van der Waals surface area (Å²) in [5, 5.41) is 13.9. The normalized spacial score (nSPS) is 11.8. The van der Waals surface area contributed by atoms with E-state index in [1.54, 1.807) is 4.45 Å². The summed E-state index contributed by atoms with van der Waals surface area (Å²) in [5.74, 6) is -0.129. The van der Waals surface area contributed by atoms with Crippen molar-refractivity contribution in [3.8, 4) is 5.88 Å². The van der Waals surface area contributed by atoms with E-state index in [9.17, 15) is 5.11 Å². The van der Waals surface area contributed by atoms with E-state index in [0.29, 0.717) is 17.4 Å². The molecule has 0 aliphatic carbocycles. The van der Waals surface area contributed by atoms with Gasteiger partial charge in [-0.1, -0.05) is 0 Å². The average Bonchev–Trinajstić information content (AvgIpc) is 2.47. The Morgan fingerprint density at radius 3 is 3.00 bits per heavy atom. The van der Waals surface area contributed by atoms with Crippen LogP contribution in [0.3, 0.4) is 0 Å². The molecule has 68 valence electrons. The van der Waals surface area contributed by atoms with Gasteiger partial charge in [-0.15, -0.1) is 0 Å². The van der Waals surface area contributed by atoms with Crippen LogP contribution in [0.15, 0.2) is 6.20 Å². The minimum atomic E-state index is -0.129. The van der Waals surface area contributed by atoms with Gasteiger partial charge in [-0.25, -0.2) is 4.45 Å². The van der Waals surface area contributed by atoms with Crippen LogP contribution in [0.2, 0.25) is 5.28 Å². The summed E-state index contributed by atoms with van der Waals surface area (Å²) in [7, 11) is 0. The van der Waals surface area contributed by atoms with E-state index >= 15 is 0 Å². The third-order valence-electron chi connectivity index (χ3n) is 1.46. The van der Waals surface area contributed by atoms with E-state index in [4.69, 9.17) is 11.6 Å². The molecule has 13 heavy (non-hydrogen) atoms. The number of aromatic nitrogens is 4. The zero-order valence-electron chi connectivity index (χ0n) is 6.07. The average molecular weight is 328 g/mol. The van der Waals surface area contributed by atoms with Crippen LogP contribution in [0.1, 0.15) is 0 Å². The third kappa shape index (κ3) is 1.58. The first kappa shape index (κ1) is 9.36. The Bertz CT molecular complexity index is 461. The van der Waals surface area contributed by atoms with Gasteiger partial charge in [0, 0.05) is 0 Å². The lowest BCUT2D eigenvalue weighted by atomic mass is 10.4. The van der Waals surface area contributed by atoms with Crippen LogP contribution < -0.4 is 0 Å². The van der Waals surface area contributed by atoms with E-state index in [1.807, 2.05) is 0 Å². The molecule has 0 aliphatic heterocycles. The molecule has 2 heterocycles. The van der Waals surface area contributed by atoms with Gasteiger partial charge < -0.3 is 5.11 Å². The first-order chi connectivity index (χ1) is 6.22. The van der Waals surface area contributed by atoms with Crippen molar-refractivity contribution in [3.05, 3.63) is 11.5 Å². The van der Waals surface area contributed by atoms with Gasteiger partial charge in [-0.05, 0) is 33.6 Å². The smallest absolute Gasteiger partial charge is 0.227 e. The fourth-order valence-electron chi connectivity index (χ4n) is 0.929. The number of halogens is 2. The number of rotatable bonds is 1. The minimum absolute atomic E-state index is 0.0291. The van der Waals surface area contributed by atoms with Crippen molar-refractivity contribution >= 4 is 51.0 Å². The van der Waals surface area contributed by atoms with Crippen LogP contribution in [0.5, 0.6) is 5.88 Å². The molecule has 1 N–H and O–H groups in total. The van der Waals surface area contributed by atoms with E-state index in [0.717, 1.165) is 0 Å². The van der Waals surface area contributed by atoms with Crippen LogP contribution >= 0.6 is 40.0 Å². The lowest BCUT2D eigenvalue weighted by molar-refractivity contribution is 0.459. The molecule has 0 aromatic carbocycles. The number of aromatic hydroxyl groups is 1. The Morgan fingerprint density at radius 1 is 1.54 bits per heavy atom. The second kappa shape index (κ2) is 3.51. The highest BCUT2D eigenvalue weighted by atomic mass is 127. The fraction of sp³-hybridized carbons (Fsp3) is 0. The van der Waals surface area contributed by atoms with Gasteiger partial charge in [0.1, 0.15) is 5.39 Å². The van der Waals surface area contributed by atoms with Crippen LogP contribution in [0.4, 0.5) is 0 Å². The first-order valence-electron chi connectivity index (χ1n) is 3.19. The summed E-state index contributed by atoms with van der Waals surface area (Å²) in [6, 6.07) is 0. The van der Waals surface area contributed by atoms with Gasteiger partial charge >= 0.3 is 0 Å². The number of fused-ring (bicyclic) bond motifs is 1. The fourth-order valence-corrected chi connectivity index (χ4v) is 2.50. The molecule has 2 rings (SSSR count). The molecular formula is C5H3ClIN4OP. The molecule has 0 saturated heterocycles. The zero-order chi connectivity index (χ0) is 9.42. The topological polar surface area (TPSA) is 63.8 Å². The quantitative estimate of drug-likeness (QED) is 0.494. The summed E-state index contributed by atoms with van der Waals surface area (Å²) in [6.45, 7) is 0. The van der Waals surface area contributed by atoms with E-state index in [1.165, 1.54) is 6.20 Å². The van der Waals surface area contributed by atoms with Crippen molar-refractivity contribution in [2.45, 2.75) is 0 Å². The molecule has 0 fully saturated rings. The molecule has 1 atom stereocenters. The van der Waals surface area contributed by atoms with Crippen LogP contribution in [-0.4, -0.2) is 24.6 Å². The largest absolute Gasteiger partial charge is 0.493 e. The Labute approximate surface area is 92.8 Å². The predicted molar refractivity (Wildman–Crippen MR) is 59.7 cm³/mol. The van der Waals surface area contributed by atoms with Gasteiger partial charge in [-0.3, -0.25) is 0 Å². The van der Waals surface area contributed by atoms with Gasteiger partial charge in [0.05, 0.1) is 12.6 Å². The molecule has 2 aromatic heterocycles. The molecule has 0 amide bonds. The van der Waals surface area contributed by atoms with E-state index in [2.05, 4.69) is 37.1 Å². The number of hydrogen-bond donors (Lipinski definition) is 1. The summed E-state index contributed by atoms with van der Waals surface area (Å²) in [5.41, 5.74) is 0.560. The highest BCUT2D eigenvalue weighted by Gasteiger charge is 2.10. The van der Waals surface area contributed by atoms with Crippen molar-refractivity contribution in [2.75, 3.05) is 0 Å². The van der Waals surface area contributed by atoms with Crippen molar-refractivity contribution in [1.29, 1.82) is 0 Å². The van der Waals surface area contributed by atoms with Gasteiger partial charge in [0.15, 0.2) is 5.65 Å². The van der Waals surface area contributed by atoms with E-state index in [-0.39, 0.29) is 11.2 Å². The second-order valence-electron chi connectivity index (χ2n) is 2.19. The van der Waals surface area contributed by atoms with Crippen LogP contribution in [0, 0.1) is 0 Å². The standard InChI is InChI=1S/C5H3ClIN4OP/c6-5-9-3-2(4(12)10-5)1-8-11(3)13-7/h1,13H,(H,9,10,12). The first-order valence-corrected chi connectivity index (χ1v) is 7.63. The monoisotopic (exact) mass is 328 g/mol. The zero-order valence-corrected chi connectivity index (χ0v) is 9.98. The lowest BCUT2D eigenvalue weighted by Gasteiger charge is -1.97. The predicted octanol–water partition coefficient (Wildman–Crippen LogP) is 1.98. The second-order valence-corrected chi connectivity index (χ2v) is 4.57. The van der Waals surface area contributed by atoms with Crippen LogP contribution in [-0.2, 0) is 0 Å². The van der Waals surface area contributed by atoms with E-state index < -0.39 is 0 Å². The Morgan fingerprint density at radius 2 is 2.31 bits per heavy atom. The van der Waals surface area contributed by atoms with Crippen molar-refractivity contribution in [1.82, 2.24) is 19.5 Å². The summed E-state index contributed by atoms with van der Waals surface area (Å²) >= 11 is 7.75.